The van der Waals surface area contributed by atoms with Crippen molar-refractivity contribution >= 4 is 5.82 Å². The minimum Gasteiger partial charge on any atom is -0.490 e. The van der Waals surface area contributed by atoms with Crippen LogP contribution in [0.4, 0.5) is 5.82 Å². The summed E-state index contributed by atoms with van der Waals surface area (Å²) >= 11 is 0. The van der Waals surface area contributed by atoms with Gasteiger partial charge in [0.1, 0.15) is 17.9 Å². The average Bonchev–Trinajstić information content (AvgIpc) is 2.71. The molecule has 2 aromatic rings. The van der Waals surface area contributed by atoms with Crippen LogP contribution in [0, 0.1) is 0 Å². The van der Waals surface area contributed by atoms with Crippen molar-refractivity contribution in [2.24, 2.45) is 5.73 Å². The molecule has 0 unspecified atom stereocenters. The van der Waals surface area contributed by atoms with Crippen LogP contribution < -0.4 is 21.5 Å². The van der Waals surface area contributed by atoms with Crippen molar-refractivity contribution in [2.75, 3.05) is 18.9 Å². The molecule has 0 amide bonds. The van der Waals surface area contributed by atoms with Gasteiger partial charge in [0.2, 0.25) is 0 Å². The number of nitrogens with zero attached hydrogens (tertiary/aromatic N) is 2. The molecule has 7 heteroatoms. The molecule has 7 nitrogen and oxygen atoms in total. The van der Waals surface area contributed by atoms with Gasteiger partial charge < -0.3 is 26.6 Å². The number of aliphatic hydroxyl groups is 1. The Bertz CT molecular complexity index is 907. The number of hydrogen-bond donors (Lipinski definition) is 4. The zero-order chi connectivity index (χ0) is 21.3. The topological polar surface area (TPSA) is 119 Å². The van der Waals surface area contributed by atoms with E-state index in [9.17, 15) is 5.11 Å². The summed E-state index contributed by atoms with van der Waals surface area (Å²) in [6.07, 6.45) is 6.55. The van der Waals surface area contributed by atoms with E-state index in [0.29, 0.717) is 24.9 Å². The minimum atomic E-state index is -0.185. The first-order valence-corrected chi connectivity index (χ1v) is 10.9. The van der Waals surface area contributed by atoms with Gasteiger partial charge in [-0.05, 0) is 55.2 Å². The van der Waals surface area contributed by atoms with Crippen LogP contribution in [0.25, 0.3) is 11.3 Å². The minimum absolute atomic E-state index is 0.101. The molecule has 1 aromatic carbocycles. The van der Waals surface area contributed by atoms with Gasteiger partial charge in [-0.15, -0.1) is 0 Å². The fourth-order valence-electron chi connectivity index (χ4n) is 4.88. The summed E-state index contributed by atoms with van der Waals surface area (Å²) in [5, 5.41) is 12.6. The lowest BCUT2D eigenvalue weighted by Crippen LogP contribution is -2.33. The molecule has 0 bridgehead atoms. The van der Waals surface area contributed by atoms with Crippen LogP contribution in [0.2, 0.25) is 0 Å². The SMILES string of the molecule is CC1(C)Cc2c(ccc(OC3CCC(N)CC3)c2CNCCO)-c2ncnc(N)c21. The Morgan fingerprint density at radius 1 is 1.20 bits per heavy atom. The summed E-state index contributed by atoms with van der Waals surface area (Å²) in [7, 11) is 0. The summed E-state index contributed by atoms with van der Waals surface area (Å²) in [5.41, 5.74) is 17.5. The highest BCUT2D eigenvalue weighted by Gasteiger charge is 2.36. The van der Waals surface area contributed by atoms with Crippen LogP contribution in [0.3, 0.4) is 0 Å². The number of hydrogen-bond acceptors (Lipinski definition) is 7. The first-order valence-electron chi connectivity index (χ1n) is 10.9. The smallest absolute Gasteiger partial charge is 0.131 e. The average molecular weight is 412 g/mol. The number of anilines is 1. The lowest BCUT2D eigenvalue weighted by Gasteiger charge is -2.36. The summed E-state index contributed by atoms with van der Waals surface area (Å²) in [5.74, 6) is 1.47. The van der Waals surface area contributed by atoms with E-state index in [2.05, 4.69) is 41.3 Å². The number of rotatable bonds is 6. The summed E-state index contributed by atoms with van der Waals surface area (Å²) < 4.78 is 6.50. The van der Waals surface area contributed by atoms with Crippen LogP contribution in [0.1, 0.15) is 56.2 Å². The van der Waals surface area contributed by atoms with E-state index in [1.165, 1.54) is 5.56 Å². The van der Waals surface area contributed by atoms with Gasteiger partial charge in [0.15, 0.2) is 0 Å². The predicted molar refractivity (Wildman–Crippen MR) is 118 cm³/mol. The van der Waals surface area contributed by atoms with Gasteiger partial charge in [-0.25, -0.2) is 9.97 Å². The summed E-state index contributed by atoms with van der Waals surface area (Å²) in [4.78, 5) is 8.84. The fraction of sp³-hybridized carbons (Fsp3) is 0.565. The zero-order valence-electron chi connectivity index (χ0n) is 17.9. The van der Waals surface area contributed by atoms with E-state index in [1.54, 1.807) is 6.33 Å². The van der Waals surface area contributed by atoms with E-state index in [0.717, 1.165) is 60.2 Å². The molecule has 2 aliphatic rings. The Labute approximate surface area is 178 Å². The number of ether oxygens (including phenoxy) is 1. The molecule has 0 spiro atoms. The Morgan fingerprint density at radius 3 is 2.70 bits per heavy atom. The molecular weight excluding hydrogens is 378 g/mol. The molecule has 1 aromatic heterocycles. The number of aliphatic hydroxyl groups excluding tert-OH is 1. The second kappa shape index (κ2) is 8.49. The Hall–Kier alpha value is -2.22. The second-order valence-electron chi connectivity index (χ2n) is 9.17. The van der Waals surface area contributed by atoms with Gasteiger partial charge in [0.05, 0.1) is 18.4 Å². The van der Waals surface area contributed by atoms with E-state index in [4.69, 9.17) is 16.2 Å². The Kier molecular flexibility index (Phi) is 5.95. The first kappa shape index (κ1) is 21.0. The molecule has 0 aliphatic heterocycles. The number of nitrogens with one attached hydrogen (secondary N) is 1. The monoisotopic (exact) mass is 411 g/mol. The quantitative estimate of drug-likeness (QED) is 0.538. The number of fused-ring (bicyclic) bond motifs is 3. The fourth-order valence-corrected chi connectivity index (χ4v) is 4.88. The second-order valence-corrected chi connectivity index (χ2v) is 9.17. The normalized spacial score (nSPS) is 22.3. The molecule has 1 heterocycles. The lowest BCUT2D eigenvalue weighted by molar-refractivity contribution is 0.145. The number of benzene rings is 1. The van der Waals surface area contributed by atoms with Crippen molar-refractivity contribution in [3.63, 3.8) is 0 Å². The van der Waals surface area contributed by atoms with Gasteiger partial charge in [-0.3, -0.25) is 0 Å². The molecule has 162 valence electrons. The molecular formula is C23H33N5O2. The third-order valence-electron chi connectivity index (χ3n) is 6.42. The number of aromatic nitrogens is 2. The van der Waals surface area contributed by atoms with Gasteiger partial charge in [0.25, 0.3) is 0 Å². The highest BCUT2D eigenvalue weighted by atomic mass is 16.5. The van der Waals surface area contributed by atoms with Crippen molar-refractivity contribution in [1.82, 2.24) is 15.3 Å². The van der Waals surface area contributed by atoms with Crippen LogP contribution in [-0.4, -0.2) is 40.4 Å². The predicted octanol–water partition coefficient (Wildman–Crippen LogP) is 2.29. The molecule has 0 atom stereocenters. The number of nitrogens with two attached hydrogens (primary N) is 2. The first-order chi connectivity index (χ1) is 14.4. The molecule has 6 N–H and O–H groups in total. The van der Waals surface area contributed by atoms with Crippen molar-refractivity contribution < 1.29 is 9.84 Å². The standard InChI is InChI=1S/C23H33N5O2/c1-23(2)11-17-16(21-20(23)22(25)28-13-27-21)7-8-19(18(17)12-26-9-10-29)30-15-5-3-14(24)4-6-15/h7-8,13-15,26,29H,3-6,9-12,24H2,1-2H3,(H2,25,27,28). The van der Waals surface area contributed by atoms with Crippen molar-refractivity contribution in [3.8, 4) is 17.0 Å². The maximum absolute atomic E-state index is 9.25. The molecule has 30 heavy (non-hydrogen) atoms. The van der Waals surface area contributed by atoms with E-state index in [1.807, 2.05) is 0 Å². The largest absolute Gasteiger partial charge is 0.490 e. The van der Waals surface area contributed by atoms with Crippen LogP contribution in [0.15, 0.2) is 18.5 Å². The van der Waals surface area contributed by atoms with E-state index < -0.39 is 0 Å². The van der Waals surface area contributed by atoms with Crippen LogP contribution in [-0.2, 0) is 18.4 Å². The molecule has 2 aliphatic carbocycles. The van der Waals surface area contributed by atoms with Crippen molar-refractivity contribution in [3.05, 3.63) is 35.2 Å². The molecule has 1 saturated carbocycles. The van der Waals surface area contributed by atoms with Gasteiger partial charge in [-0.2, -0.15) is 0 Å². The highest BCUT2D eigenvalue weighted by Crippen LogP contribution is 2.46. The number of nitrogen functional groups attached to an aromatic ring is 1. The summed E-state index contributed by atoms with van der Waals surface area (Å²) in [6, 6.07) is 4.46. The van der Waals surface area contributed by atoms with Gasteiger partial charge >= 0.3 is 0 Å². The Balaban J connectivity index is 1.75. The van der Waals surface area contributed by atoms with Crippen LogP contribution >= 0.6 is 0 Å². The molecule has 0 saturated heterocycles. The third kappa shape index (κ3) is 4.02. The van der Waals surface area contributed by atoms with Gasteiger partial charge in [0, 0.05) is 35.8 Å². The maximum Gasteiger partial charge on any atom is 0.131 e. The molecule has 0 radical (unpaired) electrons. The maximum atomic E-state index is 9.25. The van der Waals surface area contributed by atoms with Crippen molar-refractivity contribution in [1.29, 1.82) is 0 Å². The third-order valence-corrected chi connectivity index (χ3v) is 6.42. The Morgan fingerprint density at radius 2 is 1.97 bits per heavy atom. The van der Waals surface area contributed by atoms with Crippen molar-refractivity contribution in [2.45, 2.75) is 70.1 Å². The highest BCUT2D eigenvalue weighted by molar-refractivity contribution is 5.77. The molecule has 1 fully saturated rings. The molecule has 4 rings (SSSR count). The van der Waals surface area contributed by atoms with Crippen LogP contribution in [0.5, 0.6) is 5.75 Å². The lowest BCUT2D eigenvalue weighted by atomic mass is 9.70. The van der Waals surface area contributed by atoms with Gasteiger partial charge in [-0.1, -0.05) is 13.8 Å². The summed E-state index contributed by atoms with van der Waals surface area (Å²) in [6.45, 7) is 5.66. The van der Waals surface area contributed by atoms with E-state index >= 15 is 0 Å². The zero-order valence-corrected chi connectivity index (χ0v) is 17.9. The van der Waals surface area contributed by atoms with E-state index in [-0.39, 0.29) is 18.1 Å².